The summed E-state index contributed by atoms with van der Waals surface area (Å²) in [7, 11) is 2.16. The Kier molecular flexibility index (Phi) is 10.1. The summed E-state index contributed by atoms with van der Waals surface area (Å²) < 4.78 is 7.79. The van der Waals surface area contributed by atoms with Gasteiger partial charge >= 0.3 is 0 Å². The van der Waals surface area contributed by atoms with Gasteiger partial charge in [-0.2, -0.15) is 5.10 Å². The van der Waals surface area contributed by atoms with Crippen LogP contribution in [0.1, 0.15) is 16.9 Å². The summed E-state index contributed by atoms with van der Waals surface area (Å²) in [6, 6.07) is 16.9. The van der Waals surface area contributed by atoms with Crippen molar-refractivity contribution in [3.8, 4) is 22.7 Å². The quantitative estimate of drug-likeness (QED) is 0.314. The van der Waals surface area contributed by atoms with Gasteiger partial charge in [-0.05, 0) is 49.9 Å². The van der Waals surface area contributed by atoms with Gasteiger partial charge in [-0.15, -0.1) is 0 Å². The zero-order valence-corrected chi connectivity index (χ0v) is 23.1. The van der Waals surface area contributed by atoms with Crippen LogP contribution in [0.15, 0.2) is 54.6 Å². The zero-order valence-electron chi connectivity index (χ0n) is 22.3. The van der Waals surface area contributed by atoms with Crippen LogP contribution in [-0.4, -0.2) is 107 Å². The molecule has 0 atom stereocenters. The average Bonchev–Trinajstić information content (AvgIpc) is 3.59. The maximum Gasteiger partial charge on any atom is 0.290 e. The van der Waals surface area contributed by atoms with E-state index in [9.17, 15) is 9.59 Å². The number of nitrogens with one attached hydrogen (secondary N) is 1. The highest BCUT2D eigenvalue weighted by Gasteiger charge is 2.27. The molecule has 2 amide bonds. The summed E-state index contributed by atoms with van der Waals surface area (Å²) in [4.78, 5) is 39.3. The second-order valence-electron chi connectivity index (χ2n) is 9.55. The number of carboxylic acid groups (broad SMARTS) is 1. The molecule has 5 rings (SSSR count). The number of carbonyl (C=O) groups excluding carboxylic acids is 2. The van der Waals surface area contributed by atoms with E-state index in [1.54, 1.807) is 22.9 Å². The van der Waals surface area contributed by atoms with Gasteiger partial charge in [0.05, 0.1) is 24.7 Å². The lowest BCUT2D eigenvalue weighted by atomic mass is 10.1. The number of hydrogen-bond acceptors (Lipinski definition) is 7. The molecule has 2 N–H and O–H groups in total. The Bertz CT molecular complexity index is 1320. The first-order valence-corrected chi connectivity index (χ1v) is 13.4. The lowest BCUT2D eigenvalue weighted by Crippen LogP contribution is -2.44. The minimum atomic E-state index is -0.309. The number of rotatable bonds is 8. The highest BCUT2D eigenvalue weighted by atomic mass is 35.5. The van der Waals surface area contributed by atoms with Gasteiger partial charge in [0.1, 0.15) is 12.3 Å². The van der Waals surface area contributed by atoms with E-state index in [-0.39, 0.29) is 37.2 Å². The van der Waals surface area contributed by atoms with Crippen molar-refractivity contribution >= 4 is 29.9 Å². The Hall–Kier alpha value is -3.93. The van der Waals surface area contributed by atoms with Crippen molar-refractivity contribution in [3.05, 3.63) is 65.3 Å². The van der Waals surface area contributed by atoms with Gasteiger partial charge in [-0.1, -0.05) is 29.8 Å². The van der Waals surface area contributed by atoms with Gasteiger partial charge in [0, 0.05) is 43.3 Å². The summed E-state index contributed by atoms with van der Waals surface area (Å²) in [6.45, 7) is 6.02. The molecule has 2 aromatic carbocycles. The molecule has 0 spiro atoms. The first-order valence-electron chi connectivity index (χ1n) is 13.0. The van der Waals surface area contributed by atoms with E-state index in [1.165, 1.54) is 4.90 Å². The Morgan fingerprint density at radius 3 is 2.58 bits per heavy atom. The van der Waals surface area contributed by atoms with Crippen LogP contribution in [-0.2, 0) is 9.59 Å². The largest absolute Gasteiger partial charge is 0.494 e. The highest BCUT2D eigenvalue weighted by Crippen LogP contribution is 2.29. The first kappa shape index (κ1) is 29.1. The molecule has 212 valence electrons. The molecule has 0 bridgehead atoms. The predicted molar refractivity (Wildman–Crippen MR) is 151 cm³/mol. The minimum absolute atomic E-state index is 0.0235. The van der Waals surface area contributed by atoms with Crippen molar-refractivity contribution < 1.29 is 24.2 Å². The molecule has 2 saturated heterocycles. The standard InChI is InChI=1S/C27H31ClN6O3.CH2O2/c1-31-10-12-32(13-11-31)9-4-14-37-23-8-2-5-20(15-23)25-17-24(27(36)33-18-26(35)29-19-33)30-34(25)22-7-3-6-21(28)16-22;2-1-3/h2-3,5-8,15-17H,4,9-14,18-19H2,1H3,(H,29,35);1H,(H,2,3). The number of benzene rings is 2. The van der Waals surface area contributed by atoms with Crippen LogP contribution in [0.2, 0.25) is 5.02 Å². The topological polar surface area (TPSA) is 120 Å². The van der Waals surface area contributed by atoms with Crippen LogP contribution < -0.4 is 10.1 Å². The molecule has 3 heterocycles. The van der Waals surface area contributed by atoms with Crippen molar-refractivity contribution in [3.63, 3.8) is 0 Å². The van der Waals surface area contributed by atoms with Crippen LogP contribution in [0.25, 0.3) is 16.9 Å². The third-order valence-corrected chi connectivity index (χ3v) is 6.92. The number of likely N-dealkylation sites (N-methyl/N-ethyl adjacent to an activating group) is 1. The van der Waals surface area contributed by atoms with Gasteiger partial charge in [0.2, 0.25) is 5.91 Å². The van der Waals surface area contributed by atoms with Gasteiger partial charge in [-0.25, -0.2) is 4.68 Å². The molecule has 0 radical (unpaired) electrons. The van der Waals surface area contributed by atoms with Crippen LogP contribution in [0, 0.1) is 0 Å². The van der Waals surface area contributed by atoms with E-state index in [2.05, 4.69) is 27.3 Å². The van der Waals surface area contributed by atoms with E-state index >= 15 is 0 Å². The summed E-state index contributed by atoms with van der Waals surface area (Å²) in [5, 5.41) is 14.7. The Labute approximate surface area is 237 Å². The molecule has 2 fully saturated rings. The molecule has 2 aliphatic heterocycles. The van der Waals surface area contributed by atoms with Crippen LogP contribution in [0.3, 0.4) is 0 Å². The minimum Gasteiger partial charge on any atom is -0.494 e. The van der Waals surface area contributed by atoms with Gasteiger partial charge in [0.25, 0.3) is 12.4 Å². The lowest BCUT2D eigenvalue weighted by molar-refractivity contribution is -0.123. The van der Waals surface area contributed by atoms with Crippen molar-refractivity contribution in [1.29, 1.82) is 0 Å². The van der Waals surface area contributed by atoms with E-state index in [0.29, 0.717) is 11.6 Å². The third-order valence-electron chi connectivity index (χ3n) is 6.68. The summed E-state index contributed by atoms with van der Waals surface area (Å²) in [6.07, 6.45) is 0.954. The van der Waals surface area contributed by atoms with Crippen LogP contribution in [0.4, 0.5) is 0 Å². The van der Waals surface area contributed by atoms with Crippen LogP contribution >= 0.6 is 11.6 Å². The molecule has 12 heteroatoms. The average molecular weight is 569 g/mol. The number of hydrogen-bond donors (Lipinski definition) is 2. The van der Waals surface area contributed by atoms with Gasteiger partial charge < -0.3 is 29.9 Å². The fraction of sp³-hybridized carbons (Fsp3) is 0.357. The van der Waals surface area contributed by atoms with Crippen molar-refractivity contribution in [2.75, 3.05) is 59.6 Å². The second kappa shape index (κ2) is 13.9. The summed E-state index contributed by atoms with van der Waals surface area (Å²) in [5.74, 6) is 0.272. The van der Waals surface area contributed by atoms with Crippen molar-refractivity contribution in [1.82, 2.24) is 29.8 Å². The van der Waals surface area contributed by atoms with Gasteiger partial charge in [-0.3, -0.25) is 14.4 Å². The van der Waals surface area contributed by atoms with Crippen LogP contribution in [0.5, 0.6) is 5.75 Å². The lowest BCUT2D eigenvalue weighted by Gasteiger charge is -2.32. The Balaban J connectivity index is 0.00000118. The fourth-order valence-electron chi connectivity index (χ4n) is 4.57. The number of halogens is 1. The van der Waals surface area contributed by atoms with E-state index < -0.39 is 0 Å². The number of ether oxygens (including phenoxy) is 1. The number of carbonyl (C=O) groups is 3. The first-order chi connectivity index (χ1) is 19.4. The Morgan fingerprint density at radius 1 is 1.12 bits per heavy atom. The number of piperazine rings is 1. The molecule has 11 nitrogen and oxygen atoms in total. The molecule has 3 aromatic rings. The van der Waals surface area contributed by atoms with Gasteiger partial charge in [0.15, 0.2) is 5.69 Å². The van der Waals surface area contributed by atoms with E-state index in [0.717, 1.165) is 61.8 Å². The smallest absolute Gasteiger partial charge is 0.290 e. The molecular formula is C28H33ClN6O5. The van der Waals surface area contributed by atoms with Crippen molar-refractivity contribution in [2.45, 2.75) is 6.42 Å². The monoisotopic (exact) mass is 568 g/mol. The number of aromatic nitrogens is 2. The maximum absolute atomic E-state index is 13.1. The zero-order chi connectivity index (χ0) is 28.5. The normalized spacial score (nSPS) is 15.8. The van der Waals surface area contributed by atoms with E-state index in [1.807, 2.05) is 36.4 Å². The molecule has 0 aliphatic carbocycles. The summed E-state index contributed by atoms with van der Waals surface area (Å²) >= 11 is 6.25. The molecule has 2 aliphatic rings. The molecule has 40 heavy (non-hydrogen) atoms. The second-order valence-corrected chi connectivity index (χ2v) is 9.98. The molecule has 1 aromatic heterocycles. The molecule has 0 unspecified atom stereocenters. The highest BCUT2D eigenvalue weighted by molar-refractivity contribution is 6.30. The number of nitrogens with zero attached hydrogens (tertiary/aromatic N) is 5. The predicted octanol–water partition coefficient (Wildman–Crippen LogP) is 2.44. The van der Waals surface area contributed by atoms with E-state index in [4.69, 9.17) is 26.2 Å². The van der Waals surface area contributed by atoms with Crippen molar-refractivity contribution in [2.24, 2.45) is 0 Å². The maximum atomic E-state index is 13.1. The molecular weight excluding hydrogens is 536 g/mol. The Morgan fingerprint density at radius 2 is 1.88 bits per heavy atom. The number of amides is 2. The SMILES string of the molecule is CN1CCN(CCCOc2cccc(-c3cc(C(=O)N4CNC(=O)C4)nn3-c3cccc(Cl)c3)c2)CC1.O=CO. The fourth-order valence-corrected chi connectivity index (χ4v) is 4.75. The third kappa shape index (κ3) is 7.59. The summed E-state index contributed by atoms with van der Waals surface area (Å²) in [5.41, 5.74) is 2.58. The molecule has 0 saturated carbocycles.